The first-order valence-corrected chi connectivity index (χ1v) is 9.55. The summed E-state index contributed by atoms with van der Waals surface area (Å²) in [6.45, 7) is 8.23. The van der Waals surface area contributed by atoms with Gasteiger partial charge in [-0.05, 0) is 32.8 Å². The molecule has 0 saturated carbocycles. The summed E-state index contributed by atoms with van der Waals surface area (Å²) in [5.74, 6) is -1.40. The van der Waals surface area contributed by atoms with Gasteiger partial charge in [-0.3, -0.25) is 9.59 Å². The fraction of sp³-hybridized carbons (Fsp3) is 0.476. The van der Waals surface area contributed by atoms with Crippen molar-refractivity contribution < 1.29 is 19.1 Å². The highest BCUT2D eigenvalue weighted by atomic mass is 16.6. The lowest BCUT2D eigenvalue weighted by Crippen LogP contribution is -2.38. The third-order valence-corrected chi connectivity index (χ3v) is 4.64. The molecule has 7 nitrogen and oxygen atoms in total. The second-order valence-corrected chi connectivity index (χ2v) is 8.22. The summed E-state index contributed by atoms with van der Waals surface area (Å²) >= 11 is 0. The molecule has 1 saturated heterocycles. The Morgan fingerprint density at radius 1 is 1.21 bits per heavy atom. The van der Waals surface area contributed by atoms with Gasteiger partial charge in [0.15, 0.2) is 5.70 Å². The van der Waals surface area contributed by atoms with E-state index in [1.165, 1.54) is 5.01 Å². The van der Waals surface area contributed by atoms with Crippen LogP contribution in [0.25, 0.3) is 0 Å². The Balaban J connectivity index is 1.78. The lowest BCUT2D eigenvalue weighted by Gasteiger charge is -2.24. The number of amides is 2. The number of ether oxygens (including phenoxy) is 1. The molecule has 1 N–H and O–H groups in total. The molecule has 1 aromatic carbocycles. The number of rotatable bonds is 5. The van der Waals surface area contributed by atoms with Gasteiger partial charge in [0.05, 0.1) is 18.0 Å². The van der Waals surface area contributed by atoms with Gasteiger partial charge in [-0.15, -0.1) is 0 Å². The molecule has 1 atom stereocenters. The maximum atomic E-state index is 12.8. The third-order valence-electron chi connectivity index (χ3n) is 4.64. The van der Waals surface area contributed by atoms with Gasteiger partial charge in [-0.2, -0.15) is 0 Å². The molecule has 7 heteroatoms. The van der Waals surface area contributed by atoms with Gasteiger partial charge in [0.1, 0.15) is 5.60 Å². The fourth-order valence-corrected chi connectivity index (χ4v) is 3.38. The summed E-state index contributed by atoms with van der Waals surface area (Å²) in [7, 11) is 0. The van der Waals surface area contributed by atoms with E-state index in [4.69, 9.17) is 4.74 Å². The topological polar surface area (TPSA) is 79.0 Å². The number of carbonyl (C=O) groups excluding carboxylic acids is 3. The summed E-state index contributed by atoms with van der Waals surface area (Å²) < 4.78 is 5.47. The van der Waals surface area contributed by atoms with E-state index in [1.54, 1.807) is 25.8 Å². The van der Waals surface area contributed by atoms with Crippen LogP contribution in [0.2, 0.25) is 0 Å². The number of hydrogen-bond acceptors (Lipinski definition) is 5. The van der Waals surface area contributed by atoms with Crippen LogP contribution >= 0.6 is 0 Å². The zero-order chi connectivity index (χ0) is 20.5. The smallest absolute Gasteiger partial charge is 0.357 e. The molecule has 2 aliphatic heterocycles. The number of esters is 1. The monoisotopic (exact) mass is 385 g/mol. The molecular weight excluding hydrogens is 358 g/mol. The van der Waals surface area contributed by atoms with Gasteiger partial charge in [-0.1, -0.05) is 37.3 Å². The summed E-state index contributed by atoms with van der Waals surface area (Å²) in [6.07, 6.45) is 0.686. The van der Waals surface area contributed by atoms with Crippen LogP contribution in [0.1, 0.15) is 33.3 Å². The first-order chi connectivity index (χ1) is 13.2. The highest BCUT2D eigenvalue weighted by Gasteiger charge is 2.48. The Morgan fingerprint density at radius 3 is 2.54 bits per heavy atom. The Bertz CT molecular complexity index is 811. The zero-order valence-electron chi connectivity index (χ0n) is 16.8. The molecule has 0 aromatic heterocycles. The second kappa shape index (κ2) is 7.75. The van der Waals surface area contributed by atoms with E-state index < -0.39 is 11.6 Å². The van der Waals surface area contributed by atoms with E-state index in [0.29, 0.717) is 19.5 Å². The van der Waals surface area contributed by atoms with Crippen LogP contribution in [0, 0.1) is 5.92 Å². The maximum absolute atomic E-state index is 12.8. The van der Waals surface area contributed by atoms with E-state index in [2.05, 4.69) is 5.32 Å². The molecule has 0 bridgehead atoms. The minimum Gasteiger partial charge on any atom is -0.455 e. The average molecular weight is 385 g/mol. The van der Waals surface area contributed by atoms with Crippen molar-refractivity contribution in [2.75, 3.05) is 19.6 Å². The van der Waals surface area contributed by atoms with Gasteiger partial charge in [0.25, 0.3) is 5.91 Å². The number of hydrazine groups is 1. The summed E-state index contributed by atoms with van der Waals surface area (Å²) in [6, 6.07) is 9.83. The van der Waals surface area contributed by atoms with Crippen LogP contribution in [-0.4, -0.2) is 53.0 Å². The SMILES string of the molecule is C[C@H]1CN2CC(C(=O)NCCc3ccccc3)=C(C(=O)OC(C)(C)C)N2C1=O. The molecule has 3 rings (SSSR count). The maximum Gasteiger partial charge on any atom is 0.357 e. The molecular formula is C21H27N3O4. The second-order valence-electron chi connectivity index (χ2n) is 8.22. The van der Waals surface area contributed by atoms with Crippen molar-refractivity contribution in [2.45, 2.75) is 39.7 Å². The first-order valence-electron chi connectivity index (χ1n) is 9.55. The molecule has 2 heterocycles. The Hall–Kier alpha value is -2.67. The van der Waals surface area contributed by atoms with E-state index in [1.807, 2.05) is 37.3 Å². The van der Waals surface area contributed by atoms with Crippen molar-refractivity contribution in [1.29, 1.82) is 0 Å². The molecule has 0 radical (unpaired) electrons. The number of hydrogen-bond donors (Lipinski definition) is 1. The molecule has 150 valence electrons. The molecule has 1 fully saturated rings. The Labute approximate surface area is 165 Å². The minimum absolute atomic E-state index is 0.0430. The van der Waals surface area contributed by atoms with E-state index in [0.717, 1.165) is 5.56 Å². The van der Waals surface area contributed by atoms with Crippen LogP contribution in [0.5, 0.6) is 0 Å². The van der Waals surface area contributed by atoms with Crippen molar-refractivity contribution in [3.8, 4) is 0 Å². The quantitative estimate of drug-likeness (QED) is 0.780. The Morgan fingerprint density at radius 2 is 1.89 bits per heavy atom. The standard InChI is InChI=1S/C21H27N3O4/c1-14-12-23-13-16(18(25)22-11-10-15-8-6-5-7-9-15)17(24(23)19(14)26)20(27)28-21(2,3)4/h5-9,14H,10-13H2,1-4H3,(H,22,25)/t14-/m0/s1. The normalized spacial score (nSPS) is 19.8. The van der Waals surface area contributed by atoms with Crippen molar-refractivity contribution in [3.05, 3.63) is 47.2 Å². The van der Waals surface area contributed by atoms with Gasteiger partial charge in [-0.25, -0.2) is 14.8 Å². The van der Waals surface area contributed by atoms with Crippen molar-refractivity contribution in [3.63, 3.8) is 0 Å². The number of nitrogens with zero attached hydrogens (tertiary/aromatic N) is 2. The van der Waals surface area contributed by atoms with Crippen molar-refractivity contribution in [2.24, 2.45) is 5.92 Å². The lowest BCUT2D eigenvalue weighted by atomic mass is 10.1. The Kier molecular flexibility index (Phi) is 5.56. The van der Waals surface area contributed by atoms with Gasteiger partial charge in [0.2, 0.25) is 5.91 Å². The van der Waals surface area contributed by atoms with E-state index >= 15 is 0 Å². The lowest BCUT2D eigenvalue weighted by molar-refractivity contribution is -0.156. The molecule has 0 aliphatic carbocycles. The fourth-order valence-electron chi connectivity index (χ4n) is 3.38. The van der Waals surface area contributed by atoms with Gasteiger partial charge >= 0.3 is 5.97 Å². The molecule has 0 spiro atoms. The number of carbonyl (C=O) groups is 3. The number of benzene rings is 1. The van der Waals surface area contributed by atoms with Gasteiger partial charge < -0.3 is 10.1 Å². The number of fused-ring (bicyclic) bond motifs is 1. The third kappa shape index (κ3) is 4.25. The highest BCUT2D eigenvalue weighted by molar-refractivity contribution is 6.06. The molecule has 28 heavy (non-hydrogen) atoms. The highest BCUT2D eigenvalue weighted by Crippen LogP contribution is 2.33. The molecule has 0 unspecified atom stereocenters. The summed E-state index contributed by atoms with van der Waals surface area (Å²) in [5.41, 5.74) is 0.717. The van der Waals surface area contributed by atoms with Gasteiger partial charge in [0, 0.05) is 13.1 Å². The van der Waals surface area contributed by atoms with Crippen molar-refractivity contribution >= 4 is 17.8 Å². The first kappa shape index (κ1) is 20.1. The van der Waals surface area contributed by atoms with Crippen LogP contribution in [0.4, 0.5) is 0 Å². The predicted octanol–water partition coefficient (Wildman–Crippen LogP) is 1.65. The summed E-state index contributed by atoms with van der Waals surface area (Å²) in [5, 5.41) is 5.93. The van der Waals surface area contributed by atoms with Crippen molar-refractivity contribution in [1.82, 2.24) is 15.3 Å². The largest absolute Gasteiger partial charge is 0.455 e. The van der Waals surface area contributed by atoms with E-state index in [9.17, 15) is 14.4 Å². The predicted molar refractivity (Wildman–Crippen MR) is 104 cm³/mol. The van der Waals surface area contributed by atoms with Crippen LogP contribution < -0.4 is 5.32 Å². The van der Waals surface area contributed by atoms with Crippen LogP contribution in [0.3, 0.4) is 0 Å². The molecule has 2 amide bonds. The zero-order valence-corrected chi connectivity index (χ0v) is 16.8. The molecule has 2 aliphatic rings. The average Bonchev–Trinajstić information content (AvgIpc) is 3.11. The number of nitrogens with one attached hydrogen (secondary N) is 1. The summed E-state index contributed by atoms with van der Waals surface area (Å²) in [4.78, 5) is 38.1. The van der Waals surface area contributed by atoms with Crippen LogP contribution in [0.15, 0.2) is 41.6 Å². The minimum atomic E-state index is -0.721. The van der Waals surface area contributed by atoms with E-state index in [-0.39, 0.29) is 35.5 Å². The molecule has 1 aromatic rings. The van der Waals surface area contributed by atoms with Crippen LogP contribution in [-0.2, 0) is 25.5 Å².